The van der Waals surface area contributed by atoms with Crippen LogP contribution >= 0.6 is 0 Å². The van der Waals surface area contributed by atoms with Crippen LogP contribution in [0.1, 0.15) is 23.1 Å². The maximum Gasteiger partial charge on any atom is 0.354 e. The minimum atomic E-state index is -1.86. The molecule has 0 saturated carbocycles. The van der Waals surface area contributed by atoms with Gasteiger partial charge in [-0.05, 0) is 19.1 Å². The van der Waals surface area contributed by atoms with E-state index in [1.54, 1.807) is 13.1 Å². The predicted molar refractivity (Wildman–Crippen MR) is 58.7 cm³/mol. The van der Waals surface area contributed by atoms with Crippen molar-refractivity contribution in [3.05, 3.63) is 23.5 Å². The topological polar surface area (TPSA) is 88.8 Å². The first-order valence-electron chi connectivity index (χ1n) is 4.98. The van der Waals surface area contributed by atoms with Crippen molar-refractivity contribution in [3.63, 3.8) is 0 Å². The average Bonchev–Trinajstić information content (AvgIpc) is 2.59. The Balaban J connectivity index is 2.99. The molecule has 17 heavy (non-hydrogen) atoms. The van der Waals surface area contributed by atoms with Gasteiger partial charge in [0, 0.05) is 19.2 Å². The van der Waals surface area contributed by atoms with Gasteiger partial charge < -0.3 is 19.5 Å². The highest BCUT2D eigenvalue weighted by atomic mass is 16.5. The van der Waals surface area contributed by atoms with Gasteiger partial charge in [0.15, 0.2) is 5.60 Å². The third-order valence-corrected chi connectivity index (χ3v) is 2.61. The van der Waals surface area contributed by atoms with Crippen LogP contribution in [0.3, 0.4) is 0 Å². The molecule has 94 valence electrons. The van der Waals surface area contributed by atoms with E-state index >= 15 is 0 Å². The van der Waals surface area contributed by atoms with E-state index in [4.69, 9.17) is 5.11 Å². The first-order valence-corrected chi connectivity index (χ1v) is 4.98. The van der Waals surface area contributed by atoms with E-state index in [9.17, 15) is 14.7 Å². The molecule has 0 aliphatic carbocycles. The van der Waals surface area contributed by atoms with E-state index < -0.39 is 17.5 Å². The normalized spacial score (nSPS) is 14.1. The molecule has 0 aromatic carbocycles. The van der Waals surface area contributed by atoms with Gasteiger partial charge in [0.2, 0.25) is 0 Å². The molecule has 2 N–H and O–H groups in total. The average molecular weight is 241 g/mol. The van der Waals surface area contributed by atoms with Gasteiger partial charge in [-0.15, -0.1) is 0 Å². The number of rotatable bonds is 4. The van der Waals surface area contributed by atoms with Crippen LogP contribution in [0.2, 0.25) is 0 Å². The number of nitrogens with zero attached hydrogens (tertiary/aromatic N) is 1. The van der Waals surface area contributed by atoms with Crippen molar-refractivity contribution in [2.75, 3.05) is 7.11 Å². The zero-order valence-electron chi connectivity index (χ0n) is 9.93. The van der Waals surface area contributed by atoms with Crippen LogP contribution in [-0.4, -0.2) is 39.4 Å². The number of carboxylic acid groups (broad SMARTS) is 1. The van der Waals surface area contributed by atoms with Gasteiger partial charge in [0.1, 0.15) is 5.69 Å². The summed E-state index contributed by atoms with van der Waals surface area (Å²) in [5, 5.41) is 18.5. The van der Waals surface area contributed by atoms with Crippen molar-refractivity contribution >= 4 is 11.9 Å². The Morgan fingerprint density at radius 2 is 2.06 bits per heavy atom. The van der Waals surface area contributed by atoms with Gasteiger partial charge in [0.05, 0.1) is 7.11 Å². The molecule has 0 saturated heterocycles. The summed E-state index contributed by atoms with van der Waals surface area (Å²) >= 11 is 0. The van der Waals surface area contributed by atoms with E-state index in [2.05, 4.69) is 4.74 Å². The highest BCUT2D eigenvalue weighted by Crippen LogP contribution is 2.16. The van der Waals surface area contributed by atoms with Gasteiger partial charge in [-0.3, -0.25) is 0 Å². The molecule has 1 aromatic heterocycles. The first kappa shape index (κ1) is 13.2. The molecular formula is C11H15NO5. The summed E-state index contributed by atoms with van der Waals surface area (Å²) in [5.41, 5.74) is -1.01. The molecular weight excluding hydrogens is 226 g/mol. The van der Waals surface area contributed by atoms with Crippen molar-refractivity contribution in [2.24, 2.45) is 7.05 Å². The summed E-state index contributed by atoms with van der Waals surface area (Å²) in [4.78, 5) is 22.1. The summed E-state index contributed by atoms with van der Waals surface area (Å²) < 4.78 is 6.07. The molecule has 1 aromatic rings. The Labute approximate surface area is 98.4 Å². The minimum Gasteiger partial charge on any atom is -0.479 e. The molecule has 0 aliphatic rings. The maximum atomic E-state index is 11.3. The number of methoxy groups -OCH3 is 1. The number of hydrogen-bond acceptors (Lipinski definition) is 4. The molecule has 6 heteroatoms. The van der Waals surface area contributed by atoms with E-state index in [-0.39, 0.29) is 6.42 Å². The van der Waals surface area contributed by atoms with E-state index in [0.717, 1.165) is 0 Å². The zero-order valence-corrected chi connectivity index (χ0v) is 9.93. The summed E-state index contributed by atoms with van der Waals surface area (Å²) in [6.07, 6.45) is -0.0875. The smallest absolute Gasteiger partial charge is 0.354 e. The van der Waals surface area contributed by atoms with Crippen molar-refractivity contribution < 1.29 is 24.5 Å². The van der Waals surface area contributed by atoms with Crippen LogP contribution in [0, 0.1) is 0 Å². The van der Waals surface area contributed by atoms with Gasteiger partial charge >= 0.3 is 11.9 Å². The lowest BCUT2D eigenvalue weighted by Crippen LogP contribution is -2.37. The monoisotopic (exact) mass is 241 g/mol. The number of esters is 1. The second-order valence-electron chi connectivity index (χ2n) is 4.02. The summed E-state index contributed by atoms with van der Waals surface area (Å²) in [6.45, 7) is 1.21. The molecule has 0 aliphatic heterocycles. The first-order chi connectivity index (χ1) is 7.79. The lowest BCUT2D eigenvalue weighted by molar-refractivity contribution is -0.156. The van der Waals surface area contributed by atoms with Crippen molar-refractivity contribution in [2.45, 2.75) is 18.9 Å². The van der Waals surface area contributed by atoms with Crippen molar-refractivity contribution in [1.29, 1.82) is 0 Å². The maximum absolute atomic E-state index is 11.3. The molecule has 1 unspecified atom stereocenters. The molecule has 1 rings (SSSR count). The third kappa shape index (κ3) is 2.65. The Morgan fingerprint density at radius 1 is 1.47 bits per heavy atom. The number of ether oxygens (including phenoxy) is 1. The molecule has 1 atom stereocenters. The number of carbonyl (C=O) groups is 2. The summed E-state index contributed by atoms with van der Waals surface area (Å²) in [7, 11) is 2.88. The third-order valence-electron chi connectivity index (χ3n) is 2.61. The van der Waals surface area contributed by atoms with E-state index in [1.165, 1.54) is 24.7 Å². The van der Waals surface area contributed by atoms with Gasteiger partial charge in [-0.25, -0.2) is 9.59 Å². The van der Waals surface area contributed by atoms with Gasteiger partial charge in [0.25, 0.3) is 0 Å². The Morgan fingerprint density at radius 3 is 2.53 bits per heavy atom. The largest absolute Gasteiger partial charge is 0.479 e. The van der Waals surface area contributed by atoms with Gasteiger partial charge in [-0.2, -0.15) is 0 Å². The van der Waals surface area contributed by atoms with Crippen LogP contribution in [-0.2, 0) is 23.0 Å². The minimum absolute atomic E-state index is 0.0875. The highest BCUT2D eigenvalue weighted by molar-refractivity contribution is 5.87. The number of aliphatic carboxylic acids is 1. The number of carbonyl (C=O) groups excluding carboxylic acids is 1. The lowest BCUT2D eigenvalue weighted by atomic mass is 10.0. The standard InChI is InChI=1S/C11H15NO5/c1-11(16,10(14)15)6-7-4-5-8(12(7)2)9(13)17-3/h4-5,16H,6H2,1-3H3,(H,14,15). The number of aromatic nitrogens is 1. The molecule has 0 spiro atoms. The lowest BCUT2D eigenvalue weighted by Gasteiger charge is -2.18. The number of hydrogen-bond donors (Lipinski definition) is 2. The Kier molecular flexibility index (Phi) is 3.57. The van der Waals surface area contributed by atoms with Crippen LogP contribution in [0.5, 0.6) is 0 Å². The second kappa shape index (κ2) is 4.58. The predicted octanol–water partition coefficient (Wildman–Crippen LogP) is 0.190. The van der Waals surface area contributed by atoms with Gasteiger partial charge in [-0.1, -0.05) is 0 Å². The fourth-order valence-corrected chi connectivity index (χ4v) is 1.47. The van der Waals surface area contributed by atoms with E-state index in [1.807, 2.05) is 0 Å². The second-order valence-corrected chi connectivity index (χ2v) is 4.02. The van der Waals surface area contributed by atoms with Crippen molar-refractivity contribution in [1.82, 2.24) is 4.57 Å². The quantitative estimate of drug-likeness (QED) is 0.734. The Bertz CT molecular complexity index is 447. The molecule has 0 fully saturated rings. The summed E-state index contributed by atoms with van der Waals surface area (Å²) in [5.74, 6) is -1.81. The number of aliphatic hydroxyl groups is 1. The van der Waals surface area contributed by atoms with Crippen LogP contribution < -0.4 is 0 Å². The SMILES string of the molecule is COC(=O)c1ccc(CC(C)(O)C(=O)O)n1C. The van der Waals surface area contributed by atoms with Crippen LogP contribution in [0.4, 0.5) is 0 Å². The highest BCUT2D eigenvalue weighted by Gasteiger charge is 2.31. The molecule has 0 bridgehead atoms. The van der Waals surface area contributed by atoms with Crippen LogP contribution in [0.15, 0.2) is 12.1 Å². The zero-order chi connectivity index (χ0) is 13.2. The Hall–Kier alpha value is -1.82. The molecule has 6 nitrogen and oxygen atoms in total. The number of carboxylic acids is 1. The van der Waals surface area contributed by atoms with Crippen molar-refractivity contribution in [3.8, 4) is 0 Å². The molecule has 0 amide bonds. The fraction of sp³-hybridized carbons (Fsp3) is 0.455. The van der Waals surface area contributed by atoms with Crippen LogP contribution in [0.25, 0.3) is 0 Å². The molecule has 0 radical (unpaired) electrons. The van der Waals surface area contributed by atoms with E-state index in [0.29, 0.717) is 11.4 Å². The fourth-order valence-electron chi connectivity index (χ4n) is 1.47. The molecule has 1 heterocycles. The summed E-state index contributed by atoms with van der Waals surface area (Å²) in [6, 6.07) is 3.11.